The number of aromatic nitrogens is 3. The number of unbranched alkanes of at least 4 members (excludes halogenated alkanes) is 6. The predicted molar refractivity (Wildman–Crippen MR) is 142 cm³/mol. The molecule has 0 aliphatic carbocycles. The molecular formula is C26H32Cl2N4OS. The first kappa shape index (κ1) is 26.6. The highest BCUT2D eigenvalue weighted by Crippen LogP contribution is 2.30. The van der Waals surface area contributed by atoms with Gasteiger partial charge in [-0.15, -0.1) is 10.2 Å². The van der Waals surface area contributed by atoms with Crippen molar-refractivity contribution < 1.29 is 4.79 Å². The summed E-state index contributed by atoms with van der Waals surface area (Å²) in [6, 6.07) is 15.5. The smallest absolute Gasteiger partial charge is 0.220 e. The summed E-state index contributed by atoms with van der Waals surface area (Å²) in [5.74, 6) is 1.38. The first-order valence-corrected chi connectivity index (χ1v) is 13.7. The van der Waals surface area contributed by atoms with Crippen molar-refractivity contribution in [1.82, 2.24) is 20.1 Å². The fourth-order valence-corrected chi connectivity index (χ4v) is 4.93. The topological polar surface area (TPSA) is 59.8 Å². The standard InChI is InChI=1S/C26H32Cl2N4OS/c1-2-3-4-5-6-7-11-14-25(33)29-18-24-30-31-26(34-19-20-12-9-8-10-13-20)32(24)23-17-21(27)15-16-22(23)28/h8-10,12-13,15-17H,2-7,11,14,18-19H2,1H3,(H,29,33). The van der Waals surface area contributed by atoms with Crippen LogP contribution in [0, 0.1) is 0 Å². The number of rotatable bonds is 14. The molecule has 5 nitrogen and oxygen atoms in total. The zero-order valence-corrected chi connectivity index (χ0v) is 21.9. The highest BCUT2D eigenvalue weighted by molar-refractivity contribution is 7.98. The molecule has 182 valence electrons. The van der Waals surface area contributed by atoms with Gasteiger partial charge in [-0.05, 0) is 30.2 Å². The third kappa shape index (κ3) is 8.33. The van der Waals surface area contributed by atoms with Crippen molar-refractivity contribution in [2.45, 2.75) is 75.7 Å². The van der Waals surface area contributed by atoms with Crippen molar-refractivity contribution in [3.05, 3.63) is 70.0 Å². The Labute approximate surface area is 216 Å². The second-order valence-electron chi connectivity index (χ2n) is 8.25. The first-order valence-electron chi connectivity index (χ1n) is 11.9. The van der Waals surface area contributed by atoms with Crippen LogP contribution in [0.1, 0.15) is 69.7 Å². The molecule has 8 heteroatoms. The Morgan fingerprint density at radius 2 is 1.71 bits per heavy atom. The van der Waals surface area contributed by atoms with Crippen LogP contribution in [0.25, 0.3) is 5.69 Å². The van der Waals surface area contributed by atoms with Crippen LogP contribution >= 0.6 is 35.0 Å². The molecule has 0 saturated carbocycles. The third-order valence-corrected chi connectivity index (χ3v) is 7.07. The van der Waals surface area contributed by atoms with Crippen molar-refractivity contribution in [3.63, 3.8) is 0 Å². The Morgan fingerprint density at radius 3 is 2.47 bits per heavy atom. The lowest BCUT2D eigenvalue weighted by Gasteiger charge is -2.13. The maximum absolute atomic E-state index is 12.4. The van der Waals surface area contributed by atoms with E-state index in [1.807, 2.05) is 22.8 Å². The molecule has 0 aliphatic heterocycles. The number of benzene rings is 2. The predicted octanol–water partition coefficient (Wildman–Crippen LogP) is 7.62. The number of carbonyl (C=O) groups is 1. The van der Waals surface area contributed by atoms with E-state index in [1.54, 1.807) is 30.0 Å². The van der Waals surface area contributed by atoms with E-state index in [-0.39, 0.29) is 12.5 Å². The van der Waals surface area contributed by atoms with Crippen molar-refractivity contribution >= 4 is 40.9 Å². The Morgan fingerprint density at radius 1 is 0.971 bits per heavy atom. The zero-order valence-electron chi connectivity index (χ0n) is 19.6. The second-order valence-corrected chi connectivity index (χ2v) is 10.0. The largest absolute Gasteiger partial charge is 0.349 e. The van der Waals surface area contributed by atoms with Crippen molar-refractivity contribution in [2.24, 2.45) is 0 Å². The van der Waals surface area contributed by atoms with Crippen LogP contribution < -0.4 is 5.32 Å². The summed E-state index contributed by atoms with van der Waals surface area (Å²) in [6.07, 6.45) is 8.79. The van der Waals surface area contributed by atoms with Crippen molar-refractivity contribution in [3.8, 4) is 5.69 Å². The van der Waals surface area contributed by atoms with Gasteiger partial charge in [0.2, 0.25) is 5.91 Å². The molecular weight excluding hydrogens is 487 g/mol. The lowest BCUT2D eigenvalue weighted by atomic mass is 10.1. The number of thioether (sulfide) groups is 1. The van der Waals surface area contributed by atoms with Gasteiger partial charge in [-0.2, -0.15) is 0 Å². The first-order chi connectivity index (χ1) is 16.6. The van der Waals surface area contributed by atoms with Crippen molar-refractivity contribution in [1.29, 1.82) is 0 Å². The number of hydrogen-bond acceptors (Lipinski definition) is 4. The van der Waals surface area contributed by atoms with Gasteiger partial charge in [0, 0.05) is 17.2 Å². The van der Waals surface area contributed by atoms with Gasteiger partial charge in [0.1, 0.15) is 0 Å². The number of nitrogens with zero attached hydrogens (tertiary/aromatic N) is 3. The summed E-state index contributed by atoms with van der Waals surface area (Å²) in [4.78, 5) is 12.4. The molecule has 0 bridgehead atoms. The fourth-order valence-electron chi connectivity index (χ4n) is 3.64. The van der Waals surface area contributed by atoms with Gasteiger partial charge in [0.15, 0.2) is 11.0 Å². The molecule has 0 fully saturated rings. The molecule has 0 unspecified atom stereocenters. The maximum atomic E-state index is 12.4. The number of halogens is 2. The minimum absolute atomic E-state index is 0.0267. The number of amides is 1. The molecule has 3 rings (SSSR count). The average Bonchev–Trinajstić information content (AvgIpc) is 3.25. The molecule has 0 aliphatic rings. The van der Waals surface area contributed by atoms with Crippen molar-refractivity contribution in [2.75, 3.05) is 0 Å². The molecule has 1 heterocycles. The Kier molecular flexibility index (Phi) is 11.3. The Hall–Kier alpha value is -2.02. The van der Waals surface area contributed by atoms with Gasteiger partial charge in [0.05, 0.1) is 17.3 Å². The normalized spacial score (nSPS) is 11.0. The van der Waals surface area contributed by atoms with E-state index >= 15 is 0 Å². The van der Waals surface area contributed by atoms with E-state index in [0.29, 0.717) is 33.1 Å². The van der Waals surface area contributed by atoms with Crippen LogP contribution in [0.2, 0.25) is 10.0 Å². The van der Waals surface area contributed by atoms with Crippen LogP contribution in [0.5, 0.6) is 0 Å². The molecule has 1 amide bonds. The average molecular weight is 520 g/mol. The van der Waals surface area contributed by atoms with Gasteiger partial charge in [-0.25, -0.2) is 0 Å². The molecule has 2 aromatic carbocycles. The van der Waals surface area contributed by atoms with Crippen LogP contribution in [-0.4, -0.2) is 20.7 Å². The Bertz CT molecular complexity index is 1040. The van der Waals surface area contributed by atoms with Gasteiger partial charge < -0.3 is 5.32 Å². The van der Waals surface area contributed by atoms with Gasteiger partial charge in [-0.3, -0.25) is 9.36 Å². The van der Waals surface area contributed by atoms with E-state index in [2.05, 4.69) is 34.6 Å². The van der Waals surface area contributed by atoms with Crippen LogP contribution in [0.3, 0.4) is 0 Å². The molecule has 0 radical (unpaired) electrons. The SMILES string of the molecule is CCCCCCCCCC(=O)NCc1nnc(SCc2ccccc2)n1-c1cc(Cl)ccc1Cl. The number of hydrogen-bond donors (Lipinski definition) is 1. The molecule has 0 saturated heterocycles. The Balaban J connectivity index is 1.64. The summed E-state index contributed by atoms with van der Waals surface area (Å²) in [6.45, 7) is 2.49. The third-order valence-electron chi connectivity index (χ3n) is 5.51. The van der Waals surface area contributed by atoms with E-state index in [0.717, 1.165) is 18.6 Å². The lowest BCUT2D eigenvalue weighted by Crippen LogP contribution is -2.24. The number of nitrogens with one attached hydrogen (secondary N) is 1. The zero-order chi connectivity index (χ0) is 24.2. The van der Waals surface area contributed by atoms with Gasteiger partial charge >= 0.3 is 0 Å². The second kappa shape index (κ2) is 14.4. The highest BCUT2D eigenvalue weighted by Gasteiger charge is 2.18. The molecule has 1 N–H and O–H groups in total. The maximum Gasteiger partial charge on any atom is 0.220 e. The van der Waals surface area contributed by atoms with Crippen LogP contribution in [0.4, 0.5) is 0 Å². The van der Waals surface area contributed by atoms with Crippen LogP contribution in [-0.2, 0) is 17.1 Å². The van der Waals surface area contributed by atoms with E-state index < -0.39 is 0 Å². The van der Waals surface area contributed by atoms with Gasteiger partial charge in [0.25, 0.3) is 0 Å². The summed E-state index contributed by atoms with van der Waals surface area (Å²) >= 11 is 14.3. The molecule has 34 heavy (non-hydrogen) atoms. The van der Waals surface area contributed by atoms with Gasteiger partial charge in [-0.1, -0.05) is 111 Å². The van der Waals surface area contributed by atoms with E-state index in [4.69, 9.17) is 23.2 Å². The lowest BCUT2D eigenvalue weighted by molar-refractivity contribution is -0.121. The minimum atomic E-state index is 0.0267. The molecule has 0 atom stereocenters. The summed E-state index contributed by atoms with van der Waals surface area (Å²) in [7, 11) is 0. The molecule has 3 aromatic rings. The fraction of sp³-hybridized carbons (Fsp3) is 0.423. The summed E-state index contributed by atoms with van der Waals surface area (Å²) in [5, 5.41) is 13.6. The quantitative estimate of drug-likeness (QED) is 0.176. The summed E-state index contributed by atoms with van der Waals surface area (Å²) in [5.41, 5.74) is 1.88. The molecule has 1 aromatic heterocycles. The monoisotopic (exact) mass is 518 g/mol. The highest BCUT2D eigenvalue weighted by atomic mass is 35.5. The molecule has 0 spiro atoms. The summed E-state index contributed by atoms with van der Waals surface area (Å²) < 4.78 is 1.88. The van der Waals surface area contributed by atoms with E-state index in [9.17, 15) is 4.79 Å². The number of carbonyl (C=O) groups excluding carboxylic acids is 1. The minimum Gasteiger partial charge on any atom is -0.349 e. The van der Waals surface area contributed by atoms with Crippen LogP contribution in [0.15, 0.2) is 53.7 Å². The van der Waals surface area contributed by atoms with E-state index in [1.165, 1.54) is 37.7 Å².